The van der Waals surface area contributed by atoms with Crippen LogP contribution in [0.5, 0.6) is 0 Å². The normalized spacial score (nSPS) is 10.5. The molecule has 0 aliphatic rings. The molecule has 0 aliphatic heterocycles. The molecule has 0 aromatic heterocycles. The number of benzene rings is 3. The van der Waals surface area contributed by atoms with Crippen LogP contribution in [0.2, 0.25) is 0 Å². The van der Waals surface area contributed by atoms with Crippen LogP contribution < -0.4 is 0 Å². The van der Waals surface area contributed by atoms with Crippen molar-refractivity contribution in [2.24, 2.45) is 0 Å². The predicted octanol–water partition coefficient (Wildman–Crippen LogP) is 4.11. The van der Waals surface area contributed by atoms with Crippen molar-refractivity contribution in [1.29, 1.82) is 0 Å². The Hall–Kier alpha value is -2.58. The Balaban J connectivity index is 0.00000243. The molecule has 0 amide bonds. The van der Waals surface area contributed by atoms with Crippen LogP contribution in [-0.4, -0.2) is 11.9 Å². The van der Waals surface area contributed by atoms with E-state index >= 15 is 0 Å². The minimum absolute atomic E-state index is 0. The van der Waals surface area contributed by atoms with E-state index in [1.807, 2.05) is 91.0 Å². The minimum Gasteiger partial charge on any atom is -0.392 e. The van der Waals surface area contributed by atoms with E-state index in [1.165, 1.54) is 6.92 Å². The first-order valence-corrected chi connectivity index (χ1v) is 8.05. The molecule has 0 unspecified atom stereocenters. The van der Waals surface area contributed by atoms with E-state index in [4.69, 9.17) is 4.74 Å². The summed E-state index contributed by atoms with van der Waals surface area (Å²) in [6.07, 6.45) is 0. The zero-order valence-corrected chi connectivity index (χ0v) is 15.9. The Labute approximate surface area is 165 Å². The zero-order valence-electron chi connectivity index (χ0n) is 14.2. The minimum atomic E-state index is -1.21. The van der Waals surface area contributed by atoms with Crippen LogP contribution in [0.3, 0.4) is 0 Å². The van der Waals surface area contributed by atoms with Gasteiger partial charge < -0.3 is 4.74 Å². The molecule has 0 spiro atoms. The van der Waals surface area contributed by atoms with Crippen molar-refractivity contribution in [3.05, 3.63) is 108 Å². The van der Waals surface area contributed by atoms with Gasteiger partial charge in [-0.2, -0.15) is 0 Å². The number of ether oxygens (including phenoxy) is 1. The van der Waals surface area contributed by atoms with Crippen LogP contribution in [0.15, 0.2) is 91.0 Å². The third-order valence-electron chi connectivity index (χ3n) is 4.16. The van der Waals surface area contributed by atoms with Crippen molar-refractivity contribution in [3.8, 4) is 0 Å². The largest absolute Gasteiger partial charge is 0.392 e. The van der Waals surface area contributed by atoms with Gasteiger partial charge in [0.05, 0.1) is 0 Å². The molecule has 3 nitrogen and oxygen atoms in total. The maximum atomic E-state index is 13.2. The van der Waals surface area contributed by atoms with Gasteiger partial charge in [-0.05, 0) is 16.7 Å². The zero-order chi connectivity index (χ0) is 17.7. The molecule has 4 heteroatoms. The molecule has 1 radical (unpaired) electrons. The number of esters is 2. The maximum Gasteiger partial charge on any atom is 0.333 e. The van der Waals surface area contributed by atoms with Gasteiger partial charge in [-0.15, -0.1) is 0 Å². The Morgan fingerprint density at radius 1 is 0.654 bits per heavy atom. The molecule has 3 aromatic rings. The average molecular weight is 433 g/mol. The number of hydrogen-bond donors (Lipinski definition) is 0. The Morgan fingerprint density at radius 2 is 0.962 bits per heavy atom. The van der Waals surface area contributed by atoms with Crippen molar-refractivity contribution < 1.29 is 33.8 Å². The van der Waals surface area contributed by atoms with Crippen molar-refractivity contribution in [1.82, 2.24) is 0 Å². The summed E-state index contributed by atoms with van der Waals surface area (Å²) in [7, 11) is 0. The summed E-state index contributed by atoms with van der Waals surface area (Å²) >= 11 is 0. The molecule has 0 saturated heterocycles. The van der Waals surface area contributed by atoms with Crippen LogP contribution in [0.4, 0.5) is 0 Å². The second kappa shape index (κ2) is 8.69. The fraction of sp³-hybridized carbons (Fsp3) is 0.0909. The Bertz CT molecular complexity index is 765. The number of rotatable bonds is 4. The van der Waals surface area contributed by atoms with Crippen LogP contribution >= 0.6 is 0 Å². The quantitative estimate of drug-likeness (QED) is 0.269. The third-order valence-corrected chi connectivity index (χ3v) is 4.16. The predicted molar refractivity (Wildman–Crippen MR) is 96.0 cm³/mol. The van der Waals surface area contributed by atoms with Gasteiger partial charge in [0.2, 0.25) is 0 Å². The van der Waals surface area contributed by atoms with Gasteiger partial charge in [0.1, 0.15) is 5.41 Å². The summed E-state index contributed by atoms with van der Waals surface area (Å²) in [5.74, 6) is -1.24. The molecule has 0 saturated carbocycles. The van der Waals surface area contributed by atoms with Gasteiger partial charge in [-0.3, -0.25) is 4.79 Å². The van der Waals surface area contributed by atoms with E-state index in [1.54, 1.807) is 0 Å². The van der Waals surface area contributed by atoms with Crippen LogP contribution in [0.25, 0.3) is 0 Å². The Kier molecular flexibility index (Phi) is 6.60. The molecule has 0 heterocycles. The monoisotopic (exact) mass is 433 g/mol. The first-order chi connectivity index (χ1) is 12.2. The Morgan fingerprint density at radius 3 is 1.23 bits per heavy atom. The first-order valence-electron chi connectivity index (χ1n) is 8.05. The number of carbonyl (C=O) groups excluding carboxylic acids is 2. The second-order valence-electron chi connectivity index (χ2n) is 5.73. The molecule has 0 aliphatic carbocycles. The van der Waals surface area contributed by atoms with E-state index in [9.17, 15) is 9.59 Å². The standard InChI is InChI=1S/C22H18O3.Rh/c1-17(23)25-21(24)22(18-11-5-2-6-12-18,19-13-7-3-8-14-19)20-15-9-4-10-16-20;/h2-16H,1H3;. The van der Waals surface area contributed by atoms with E-state index in [0.717, 1.165) is 16.7 Å². The van der Waals surface area contributed by atoms with E-state index in [2.05, 4.69) is 0 Å². The van der Waals surface area contributed by atoms with E-state index in [0.29, 0.717) is 0 Å². The fourth-order valence-corrected chi connectivity index (χ4v) is 3.13. The van der Waals surface area contributed by atoms with Gasteiger partial charge in [0.25, 0.3) is 0 Å². The van der Waals surface area contributed by atoms with Gasteiger partial charge >= 0.3 is 11.9 Å². The van der Waals surface area contributed by atoms with Gasteiger partial charge in [-0.1, -0.05) is 91.0 Å². The molecule has 3 aromatic carbocycles. The number of carbonyl (C=O) groups is 2. The van der Waals surface area contributed by atoms with Crippen molar-refractivity contribution in [2.75, 3.05) is 0 Å². The van der Waals surface area contributed by atoms with Crippen molar-refractivity contribution >= 4 is 11.9 Å². The summed E-state index contributed by atoms with van der Waals surface area (Å²) in [6, 6.07) is 28.2. The molecule has 0 atom stereocenters. The second-order valence-corrected chi connectivity index (χ2v) is 5.73. The molecule has 0 bridgehead atoms. The van der Waals surface area contributed by atoms with E-state index in [-0.39, 0.29) is 19.5 Å². The third kappa shape index (κ3) is 3.66. The maximum absolute atomic E-state index is 13.2. The van der Waals surface area contributed by atoms with Gasteiger partial charge in [0.15, 0.2) is 0 Å². The molecular formula is C22H18O3Rh. The number of hydrogen-bond acceptors (Lipinski definition) is 3. The summed E-state index contributed by atoms with van der Waals surface area (Å²) in [6.45, 7) is 1.24. The van der Waals surface area contributed by atoms with Crippen molar-refractivity contribution in [2.45, 2.75) is 12.3 Å². The molecule has 3 rings (SSSR count). The summed E-state index contributed by atoms with van der Waals surface area (Å²) < 4.78 is 5.10. The van der Waals surface area contributed by atoms with Crippen LogP contribution in [0.1, 0.15) is 23.6 Å². The summed E-state index contributed by atoms with van der Waals surface area (Å²) in [5.41, 5.74) is 1.03. The smallest absolute Gasteiger partial charge is 0.333 e. The molecule has 0 N–H and O–H groups in total. The van der Waals surface area contributed by atoms with Gasteiger partial charge in [-0.25, -0.2) is 4.79 Å². The topological polar surface area (TPSA) is 43.4 Å². The first kappa shape index (κ1) is 19.7. The van der Waals surface area contributed by atoms with Gasteiger partial charge in [0, 0.05) is 26.4 Å². The van der Waals surface area contributed by atoms with Crippen molar-refractivity contribution in [3.63, 3.8) is 0 Å². The molecule has 133 valence electrons. The SMILES string of the molecule is CC(=O)OC(=O)C(c1ccccc1)(c1ccccc1)c1ccccc1.[Rh]. The van der Waals surface area contributed by atoms with Crippen LogP contribution in [-0.2, 0) is 39.2 Å². The average Bonchev–Trinajstić information content (AvgIpc) is 2.64. The molecular weight excluding hydrogens is 415 g/mol. The summed E-state index contributed by atoms with van der Waals surface area (Å²) in [4.78, 5) is 24.8. The molecule has 0 fully saturated rings. The molecule has 26 heavy (non-hydrogen) atoms. The fourth-order valence-electron chi connectivity index (χ4n) is 3.13. The summed E-state index contributed by atoms with van der Waals surface area (Å²) in [5, 5.41) is 0. The van der Waals surface area contributed by atoms with Crippen LogP contribution in [0, 0.1) is 0 Å². The van der Waals surface area contributed by atoms with E-state index < -0.39 is 17.4 Å².